The summed E-state index contributed by atoms with van der Waals surface area (Å²) in [6.45, 7) is 6.51. The molecule has 1 fully saturated rings. The quantitative estimate of drug-likeness (QED) is 0.601. The Hall–Kier alpha value is -2.62. The molecular formula is C23H26N4O3S2. The van der Waals surface area contributed by atoms with Crippen molar-refractivity contribution in [3.63, 3.8) is 0 Å². The monoisotopic (exact) mass is 470 g/mol. The van der Waals surface area contributed by atoms with Gasteiger partial charge in [0.2, 0.25) is 15.0 Å². The largest absolute Gasteiger partial charge is 0.320 e. The number of aromatic nitrogens is 2. The maximum atomic E-state index is 13.3. The molecule has 0 bridgehead atoms. The summed E-state index contributed by atoms with van der Waals surface area (Å²) in [7, 11) is -3.59. The van der Waals surface area contributed by atoms with E-state index in [-0.39, 0.29) is 16.8 Å². The molecule has 1 aliphatic heterocycles. The highest BCUT2D eigenvalue weighted by Gasteiger charge is 2.33. The fourth-order valence-corrected chi connectivity index (χ4v) is 6.56. The van der Waals surface area contributed by atoms with Crippen molar-refractivity contribution in [1.29, 1.82) is 0 Å². The van der Waals surface area contributed by atoms with E-state index < -0.39 is 10.0 Å². The molecule has 1 aromatic heterocycles. The summed E-state index contributed by atoms with van der Waals surface area (Å²) in [5.41, 5.74) is 3.48. The molecule has 1 amide bonds. The van der Waals surface area contributed by atoms with Gasteiger partial charge in [0.25, 0.3) is 5.91 Å². The fourth-order valence-electron chi connectivity index (χ4n) is 3.97. The van der Waals surface area contributed by atoms with Gasteiger partial charge in [0.05, 0.1) is 4.90 Å². The standard InChI is InChI=1S/C23H26N4O3S2/c1-15-10-11-20(17(3)13-15)32(29,30)27-12-6-8-18(14-27)22-25-26-23(31-22)21(28)24-19-9-5-4-7-16(19)2/h4-5,7,9-11,13,18H,6,8,12,14H2,1-3H3,(H,24,28)/t18-/m1/s1. The minimum Gasteiger partial charge on any atom is -0.320 e. The Labute approximate surface area is 192 Å². The van der Waals surface area contributed by atoms with Crippen LogP contribution in [0.2, 0.25) is 0 Å². The molecule has 2 aromatic carbocycles. The average Bonchev–Trinajstić information content (AvgIpc) is 3.26. The molecule has 9 heteroatoms. The lowest BCUT2D eigenvalue weighted by Gasteiger charge is -2.31. The van der Waals surface area contributed by atoms with Crippen molar-refractivity contribution in [3.8, 4) is 0 Å². The van der Waals surface area contributed by atoms with Gasteiger partial charge in [-0.1, -0.05) is 47.2 Å². The summed E-state index contributed by atoms with van der Waals surface area (Å²) in [4.78, 5) is 13.0. The van der Waals surface area contributed by atoms with Crippen molar-refractivity contribution in [2.24, 2.45) is 0 Å². The van der Waals surface area contributed by atoms with Crippen LogP contribution in [0.3, 0.4) is 0 Å². The number of carbonyl (C=O) groups excluding carboxylic acids is 1. The number of amides is 1. The summed E-state index contributed by atoms with van der Waals surface area (Å²) >= 11 is 1.23. The van der Waals surface area contributed by atoms with E-state index in [1.54, 1.807) is 6.07 Å². The third-order valence-electron chi connectivity index (χ3n) is 5.71. The van der Waals surface area contributed by atoms with Crippen molar-refractivity contribution in [2.75, 3.05) is 18.4 Å². The molecule has 1 saturated heterocycles. The fraction of sp³-hybridized carbons (Fsp3) is 0.348. The van der Waals surface area contributed by atoms with Crippen LogP contribution in [0.1, 0.15) is 50.3 Å². The number of nitrogens with zero attached hydrogens (tertiary/aromatic N) is 3. The van der Waals surface area contributed by atoms with Gasteiger partial charge in [-0.3, -0.25) is 4.79 Å². The first kappa shape index (κ1) is 22.6. The summed E-state index contributed by atoms with van der Waals surface area (Å²) in [6.07, 6.45) is 1.55. The molecule has 1 aliphatic rings. The van der Waals surface area contributed by atoms with Crippen molar-refractivity contribution in [3.05, 3.63) is 69.2 Å². The Kier molecular flexibility index (Phi) is 6.41. The van der Waals surface area contributed by atoms with Crippen LogP contribution >= 0.6 is 11.3 Å². The third-order valence-corrected chi connectivity index (χ3v) is 8.82. The summed E-state index contributed by atoms with van der Waals surface area (Å²) in [5, 5.41) is 12.1. The van der Waals surface area contributed by atoms with E-state index in [9.17, 15) is 13.2 Å². The molecule has 0 unspecified atom stereocenters. The van der Waals surface area contributed by atoms with E-state index in [0.717, 1.165) is 35.2 Å². The number of rotatable bonds is 5. The number of aryl methyl sites for hydroxylation is 3. The molecule has 0 radical (unpaired) electrons. The number of piperidine rings is 1. The normalized spacial score (nSPS) is 17.3. The van der Waals surface area contributed by atoms with E-state index >= 15 is 0 Å². The molecule has 1 N–H and O–H groups in total. The summed E-state index contributed by atoms with van der Waals surface area (Å²) in [5.74, 6) is -0.389. The van der Waals surface area contributed by atoms with E-state index in [1.165, 1.54) is 15.6 Å². The van der Waals surface area contributed by atoms with Crippen LogP contribution in [0.4, 0.5) is 5.69 Å². The van der Waals surface area contributed by atoms with Crippen molar-refractivity contribution in [2.45, 2.75) is 44.4 Å². The predicted octanol–water partition coefficient (Wildman–Crippen LogP) is 4.28. The van der Waals surface area contributed by atoms with Crippen LogP contribution in [-0.4, -0.2) is 41.9 Å². The van der Waals surface area contributed by atoms with Crippen molar-refractivity contribution >= 4 is 33.0 Å². The van der Waals surface area contributed by atoms with Crippen LogP contribution in [-0.2, 0) is 10.0 Å². The molecule has 0 aliphatic carbocycles. The van der Waals surface area contributed by atoms with Gasteiger partial charge in [-0.25, -0.2) is 8.42 Å². The smallest absolute Gasteiger partial charge is 0.286 e. The minimum absolute atomic E-state index is 0.0817. The van der Waals surface area contributed by atoms with Crippen LogP contribution < -0.4 is 5.32 Å². The van der Waals surface area contributed by atoms with Crippen LogP contribution in [0.5, 0.6) is 0 Å². The second-order valence-electron chi connectivity index (χ2n) is 8.19. The number of benzene rings is 2. The second kappa shape index (κ2) is 9.09. The summed E-state index contributed by atoms with van der Waals surface area (Å²) < 4.78 is 28.1. The van der Waals surface area contributed by atoms with E-state index in [2.05, 4.69) is 15.5 Å². The molecule has 2 heterocycles. The van der Waals surface area contributed by atoms with Gasteiger partial charge in [0, 0.05) is 24.7 Å². The molecule has 7 nitrogen and oxygen atoms in total. The van der Waals surface area contributed by atoms with E-state index in [1.807, 2.05) is 57.2 Å². The average molecular weight is 471 g/mol. The Morgan fingerprint density at radius 3 is 2.62 bits per heavy atom. The number of nitrogens with one attached hydrogen (secondary N) is 1. The Bertz CT molecular complexity index is 1250. The Morgan fingerprint density at radius 2 is 1.88 bits per heavy atom. The molecule has 4 rings (SSSR count). The lowest BCUT2D eigenvalue weighted by atomic mass is 10.0. The van der Waals surface area contributed by atoms with Crippen LogP contribution in [0, 0.1) is 20.8 Å². The van der Waals surface area contributed by atoms with Crippen LogP contribution in [0.15, 0.2) is 47.4 Å². The maximum absolute atomic E-state index is 13.3. The number of para-hydroxylation sites is 1. The SMILES string of the molecule is Cc1ccc(S(=O)(=O)N2CCC[C@@H](c3nnc(C(=O)Nc4ccccc4C)s3)C2)c(C)c1. The van der Waals surface area contributed by atoms with Gasteiger partial charge in [0.1, 0.15) is 5.01 Å². The molecular weight excluding hydrogens is 444 g/mol. The molecule has 32 heavy (non-hydrogen) atoms. The first-order valence-electron chi connectivity index (χ1n) is 10.5. The van der Waals surface area contributed by atoms with Gasteiger partial charge in [-0.05, 0) is 56.9 Å². The molecule has 0 spiro atoms. The number of sulfonamides is 1. The van der Waals surface area contributed by atoms with E-state index in [0.29, 0.717) is 23.0 Å². The Balaban J connectivity index is 1.50. The first-order valence-corrected chi connectivity index (χ1v) is 12.8. The van der Waals surface area contributed by atoms with Gasteiger partial charge < -0.3 is 5.32 Å². The maximum Gasteiger partial charge on any atom is 0.286 e. The number of hydrogen-bond acceptors (Lipinski definition) is 6. The number of hydrogen-bond donors (Lipinski definition) is 1. The second-order valence-corrected chi connectivity index (χ2v) is 11.1. The molecule has 3 aromatic rings. The Morgan fingerprint density at radius 1 is 1.09 bits per heavy atom. The van der Waals surface area contributed by atoms with Gasteiger partial charge in [0.15, 0.2) is 0 Å². The number of carbonyl (C=O) groups is 1. The van der Waals surface area contributed by atoms with Crippen molar-refractivity contribution in [1.82, 2.24) is 14.5 Å². The van der Waals surface area contributed by atoms with Gasteiger partial charge in [-0.15, -0.1) is 10.2 Å². The first-order chi connectivity index (χ1) is 15.3. The summed E-state index contributed by atoms with van der Waals surface area (Å²) in [6, 6.07) is 12.9. The van der Waals surface area contributed by atoms with Crippen LogP contribution in [0.25, 0.3) is 0 Å². The minimum atomic E-state index is -3.59. The zero-order valence-electron chi connectivity index (χ0n) is 18.3. The molecule has 0 saturated carbocycles. The van der Waals surface area contributed by atoms with Gasteiger partial charge >= 0.3 is 0 Å². The van der Waals surface area contributed by atoms with E-state index in [4.69, 9.17) is 0 Å². The highest BCUT2D eigenvalue weighted by atomic mass is 32.2. The van der Waals surface area contributed by atoms with Gasteiger partial charge in [-0.2, -0.15) is 4.31 Å². The number of anilines is 1. The lowest BCUT2D eigenvalue weighted by Crippen LogP contribution is -2.39. The molecule has 168 valence electrons. The highest BCUT2D eigenvalue weighted by Crippen LogP contribution is 2.33. The predicted molar refractivity (Wildman–Crippen MR) is 126 cm³/mol. The highest BCUT2D eigenvalue weighted by molar-refractivity contribution is 7.89. The zero-order valence-corrected chi connectivity index (χ0v) is 20.0. The topological polar surface area (TPSA) is 92.3 Å². The zero-order chi connectivity index (χ0) is 22.9. The van der Waals surface area contributed by atoms with Crippen molar-refractivity contribution < 1.29 is 13.2 Å². The molecule has 1 atom stereocenters. The lowest BCUT2D eigenvalue weighted by molar-refractivity contribution is 0.102. The third kappa shape index (κ3) is 4.60.